The van der Waals surface area contributed by atoms with Crippen molar-refractivity contribution >= 4 is 11.8 Å². The van der Waals surface area contributed by atoms with Crippen LogP contribution in [-0.2, 0) is 0 Å². The third-order valence-corrected chi connectivity index (χ3v) is 3.38. The molecule has 2 unspecified atom stereocenters. The van der Waals surface area contributed by atoms with Gasteiger partial charge in [-0.1, -0.05) is 6.92 Å². The molecule has 0 N–H and O–H groups in total. The van der Waals surface area contributed by atoms with Crippen LogP contribution in [0.4, 0.5) is 0 Å². The van der Waals surface area contributed by atoms with Crippen LogP contribution in [0.15, 0.2) is 0 Å². The Bertz CT molecular complexity index is 117. The van der Waals surface area contributed by atoms with Crippen LogP contribution in [-0.4, -0.2) is 11.0 Å². The predicted octanol–water partition coefficient (Wildman–Crippen LogP) is 2.15. The van der Waals surface area contributed by atoms with Crippen LogP contribution in [0.5, 0.6) is 0 Å². The van der Waals surface area contributed by atoms with Gasteiger partial charge in [0.2, 0.25) is 0 Å². The van der Waals surface area contributed by atoms with Crippen molar-refractivity contribution in [3.05, 3.63) is 0 Å². The normalized spacial score (nSPS) is 29.6. The predicted molar refractivity (Wildman–Crippen MR) is 43.5 cm³/mol. The summed E-state index contributed by atoms with van der Waals surface area (Å²) in [7, 11) is 0. The summed E-state index contributed by atoms with van der Waals surface area (Å²) in [6.07, 6.45) is 7.98. The van der Waals surface area contributed by atoms with Crippen LogP contribution in [0.1, 0.15) is 19.8 Å². The van der Waals surface area contributed by atoms with Gasteiger partial charge in [-0.15, -0.1) is 12.3 Å². The number of hydrogen-bond donors (Lipinski definition) is 0. The fourth-order valence-electron chi connectivity index (χ4n) is 1.10. The molecule has 0 nitrogen and oxygen atoms in total. The van der Waals surface area contributed by atoms with E-state index in [0.29, 0.717) is 5.92 Å². The molecule has 0 bridgehead atoms. The molecule has 50 valence electrons. The van der Waals surface area contributed by atoms with Crippen LogP contribution >= 0.6 is 11.8 Å². The number of terminal acetylenes is 1. The van der Waals surface area contributed by atoms with Gasteiger partial charge in [0.15, 0.2) is 0 Å². The molecule has 0 radical (unpaired) electrons. The Balaban J connectivity index is 2.34. The Kier molecular flexibility index (Phi) is 2.48. The summed E-state index contributed by atoms with van der Waals surface area (Å²) in [5, 5.41) is 0.759. The van der Waals surface area contributed by atoms with E-state index in [1.54, 1.807) is 0 Å². The molecule has 1 heterocycles. The lowest BCUT2D eigenvalue weighted by molar-refractivity contribution is 0.660. The zero-order chi connectivity index (χ0) is 6.69. The van der Waals surface area contributed by atoms with Gasteiger partial charge in [0.25, 0.3) is 0 Å². The summed E-state index contributed by atoms with van der Waals surface area (Å²) < 4.78 is 0. The van der Waals surface area contributed by atoms with Crippen molar-refractivity contribution in [2.24, 2.45) is 5.92 Å². The maximum atomic E-state index is 5.29. The molecule has 0 aliphatic carbocycles. The highest BCUT2D eigenvalue weighted by atomic mass is 32.2. The Morgan fingerprint density at radius 2 is 2.56 bits per heavy atom. The second-order valence-electron chi connectivity index (χ2n) is 2.51. The molecule has 1 aliphatic heterocycles. The first-order chi connectivity index (χ1) is 4.34. The summed E-state index contributed by atoms with van der Waals surface area (Å²) in [4.78, 5) is 0. The Labute approximate surface area is 61.4 Å². The van der Waals surface area contributed by atoms with E-state index in [9.17, 15) is 0 Å². The van der Waals surface area contributed by atoms with E-state index in [1.165, 1.54) is 18.6 Å². The van der Waals surface area contributed by atoms with Crippen molar-refractivity contribution in [3.63, 3.8) is 0 Å². The van der Waals surface area contributed by atoms with Gasteiger partial charge in [-0.2, -0.15) is 11.8 Å². The van der Waals surface area contributed by atoms with Crippen LogP contribution in [0, 0.1) is 18.3 Å². The fourth-order valence-corrected chi connectivity index (χ4v) is 2.44. The van der Waals surface area contributed by atoms with Crippen LogP contribution in [0.2, 0.25) is 0 Å². The monoisotopic (exact) mass is 140 g/mol. The summed E-state index contributed by atoms with van der Waals surface area (Å²) >= 11 is 2.03. The number of thioether (sulfide) groups is 1. The second kappa shape index (κ2) is 3.17. The van der Waals surface area contributed by atoms with Gasteiger partial charge in [0.1, 0.15) is 0 Å². The van der Waals surface area contributed by atoms with Crippen molar-refractivity contribution in [1.29, 1.82) is 0 Å². The molecule has 0 spiro atoms. The highest BCUT2D eigenvalue weighted by Crippen LogP contribution is 2.31. The number of hydrogen-bond acceptors (Lipinski definition) is 1. The minimum Gasteiger partial charge on any atom is -0.157 e. The summed E-state index contributed by atoms with van der Waals surface area (Å²) in [6, 6.07) is 0. The van der Waals surface area contributed by atoms with Crippen LogP contribution in [0.3, 0.4) is 0 Å². The molecular formula is C8H12S. The first-order valence-corrected chi connectivity index (χ1v) is 4.47. The maximum Gasteiger partial charge on any atom is 0.0290 e. The minimum absolute atomic E-state index is 0.484. The topological polar surface area (TPSA) is 0 Å². The molecule has 1 aliphatic rings. The standard InChI is InChI=1S/C8H12S/c1-3-7(2)8-5-4-6-9-8/h1,7-8H,4-6H2,2H3. The lowest BCUT2D eigenvalue weighted by Gasteiger charge is -2.10. The molecule has 1 fully saturated rings. The first-order valence-electron chi connectivity index (χ1n) is 3.42. The van der Waals surface area contributed by atoms with E-state index in [2.05, 4.69) is 12.8 Å². The Morgan fingerprint density at radius 1 is 1.78 bits per heavy atom. The zero-order valence-electron chi connectivity index (χ0n) is 5.76. The molecule has 1 saturated heterocycles. The third kappa shape index (κ3) is 1.66. The van der Waals surface area contributed by atoms with Crippen molar-refractivity contribution in [1.82, 2.24) is 0 Å². The largest absolute Gasteiger partial charge is 0.157 e. The second-order valence-corrected chi connectivity index (χ2v) is 3.85. The average molecular weight is 140 g/mol. The third-order valence-electron chi connectivity index (χ3n) is 1.79. The highest BCUT2D eigenvalue weighted by molar-refractivity contribution is 8.00. The van der Waals surface area contributed by atoms with E-state index in [4.69, 9.17) is 6.42 Å². The maximum absolute atomic E-state index is 5.29. The van der Waals surface area contributed by atoms with Crippen molar-refractivity contribution in [2.75, 3.05) is 5.75 Å². The van der Waals surface area contributed by atoms with Crippen molar-refractivity contribution < 1.29 is 0 Å². The molecule has 0 aromatic heterocycles. The first kappa shape index (κ1) is 7.02. The van der Waals surface area contributed by atoms with Gasteiger partial charge < -0.3 is 0 Å². The van der Waals surface area contributed by atoms with Crippen molar-refractivity contribution in [3.8, 4) is 12.3 Å². The van der Waals surface area contributed by atoms with Crippen molar-refractivity contribution in [2.45, 2.75) is 25.0 Å². The van der Waals surface area contributed by atoms with E-state index < -0.39 is 0 Å². The Morgan fingerprint density at radius 3 is 3.00 bits per heavy atom. The lowest BCUT2D eigenvalue weighted by Crippen LogP contribution is -2.07. The molecule has 0 aromatic rings. The lowest BCUT2D eigenvalue weighted by atomic mass is 10.1. The SMILES string of the molecule is C#CC(C)C1CCCS1. The molecule has 1 heteroatoms. The van der Waals surface area contributed by atoms with Crippen LogP contribution < -0.4 is 0 Å². The molecule has 0 amide bonds. The molecule has 2 atom stereocenters. The summed E-state index contributed by atoms with van der Waals surface area (Å²) in [5.74, 6) is 4.59. The van der Waals surface area contributed by atoms with Gasteiger partial charge in [0, 0.05) is 11.2 Å². The van der Waals surface area contributed by atoms with Gasteiger partial charge in [-0.05, 0) is 18.6 Å². The van der Waals surface area contributed by atoms with Gasteiger partial charge in [-0.25, -0.2) is 0 Å². The van der Waals surface area contributed by atoms with Crippen LogP contribution in [0.25, 0.3) is 0 Å². The van der Waals surface area contributed by atoms with E-state index >= 15 is 0 Å². The van der Waals surface area contributed by atoms with Gasteiger partial charge in [-0.3, -0.25) is 0 Å². The summed E-state index contributed by atoms with van der Waals surface area (Å²) in [6.45, 7) is 2.14. The molecule has 0 saturated carbocycles. The van der Waals surface area contributed by atoms with E-state index in [0.717, 1.165) is 5.25 Å². The zero-order valence-corrected chi connectivity index (χ0v) is 6.58. The molecule has 1 rings (SSSR count). The fraction of sp³-hybridized carbons (Fsp3) is 0.750. The summed E-state index contributed by atoms with van der Waals surface area (Å²) in [5.41, 5.74) is 0. The van der Waals surface area contributed by atoms with E-state index in [1.807, 2.05) is 11.8 Å². The average Bonchev–Trinajstić information content (AvgIpc) is 2.37. The van der Waals surface area contributed by atoms with E-state index in [-0.39, 0.29) is 0 Å². The highest BCUT2D eigenvalue weighted by Gasteiger charge is 2.19. The smallest absolute Gasteiger partial charge is 0.0290 e. The molecule has 9 heavy (non-hydrogen) atoms. The number of rotatable bonds is 1. The van der Waals surface area contributed by atoms with Gasteiger partial charge >= 0.3 is 0 Å². The quantitative estimate of drug-likeness (QED) is 0.503. The molecule has 0 aromatic carbocycles. The van der Waals surface area contributed by atoms with Gasteiger partial charge in [0.05, 0.1) is 0 Å². The molecular weight excluding hydrogens is 128 g/mol. The Hall–Kier alpha value is -0.0900. The minimum atomic E-state index is 0.484.